The standard InChI is InChI=1S/C15H19Cl2NO2/c1-2-20-15(19)12-4-3-7-18(10-12)9-11-5-6-13(16)8-14(11)17/h5-6,8,12H,2-4,7,9-10H2,1H3/p+1/t12-/m0/s1. The number of hydrogen-bond acceptors (Lipinski definition) is 2. The van der Waals surface area contributed by atoms with Crippen molar-refractivity contribution < 1.29 is 14.4 Å². The second-order valence-electron chi connectivity index (χ2n) is 5.21. The monoisotopic (exact) mass is 316 g/mol. The molecule has 0 radical (unpaired) electrons. The van der Waals surface area contributed by atoms with Crippen LogP contribution in [0, 0.1) is 5.92 Å². The highest BCUT2D eigenvalue weighted by molar-refractivity contribution is 6.35. The van der Waals surface area contributed by atoms with Crippen LogP contribution in [-0.4, -0.2) is 25.7 Å². The number of ether oxygens (including phenoxy) is 1. The summed E-state index contributed by atoms with van der Waals surface area (Å²) in [5.41, 5.74) is 1.08. The van der Waals surface area contributed by atoms with E-state index in [1.807, 2.05) is 19.1 Å². The van der Waals surface area contributed by atoms with Gasteiger partial charge in [-0.1, -0.05) is 29.3 Å². The Bertz CT molecular complexity index is 479. The minimum atomic E-state index is -0.0631. The van der Waals surface area contributed by atoms with Crippen molar-refractivity contribution in [2.24, 2.45) is 5.92 Å². The van der Waals surface area contributed by atoms with E-state index in [0.717, 1.165) is 38.0 Å². The van der Waals surface area contributed by atoms with Crippen molar-refractivity contribution in [3.63, 3.8) is 0 Å². The molecule has 20 heavy (non-hydrogen) atoms. The number of hydrogen-bond donors (Lipinski definition) is 1. The number of rotatable bonds is 4. The van der Waals surface area contributed by atoms with Gasteiger partial charge in [0.25, 0.3) is 0 Å². The van der Waals surface area contributed by atoms with Gasteiger partial charge in [-0.05, 0) is 31.9 Å². The quantitative estimate of drug-likeness (QED) is 0.864. The minimum Gasteiger partial charge on any atom is -0.466 e. The highest BCUT2D eigenvalue weighted by atomic mass is 35.5. The van der Waals surface area contributed by atoms with Crippen LogP contribution < -0.4 is 4.90 Å². The van der Waals surface area contributed by atoms with Gasteiger partial charge in [0, 0.05) is 10.6 Å². The molecule has 0 aliphatic carbocycles. The number of likely N-dealkylation sites (tertiary alicyclic amines) is 1. The molecule has 2 rings (SSSR count). The van der Waals surface area contributed by atoms with Crippen LogP contribution in [0.2, 0.25) is 10.0 Å². The van der Waals surface area contributed by atoms with Crippen LogP contribution in [0.15, 0.2) is 18.2 Å². The highest BCUT2D eigenvalue weighted by Gasteiger charge is 2.29. The summed E-state index contributed by atoms with van der Waals surface area (Å²) in [6, 6.07) is 5.59. The van der Waals surface area contributed by atoms with E-state index < -0.39 is 0 Å². The summed E-state index contributed by atoms with van der Waals surface area (Å²) in [5, 5.41) is 1.35. The number of nitrogens with one attached hydrogen (secondary N) is 1. The third-order valence-corrected chi connectivity index (χ3v) is 4.28. The van der Waals surface area contributed by atoms with Gasteiger partial charge in [-0.2, -0.15) is 0 Å². The number of esters is 1. The molecule has 5 heteroatoms. The first-order valence-corrected chi connectivity index (χ1v) is 7.80. The van der Waals surface area contributed by atoms with Crippen molar-refractivity contribution >= 4 is 29.2 Å². The molecule has 1 aliphatic rings. The van der Waals surface area contributed by atoms with Gasteiger partial charge in [0.05, 0.1) is 24.7 Å². The molecule has 1 N–H and O–H groups in total. The number of piperidine rings is 1. The Kier molecular flexibility index (Phi) is 5.70. The van der Waals surface area contributed by atoms with Crippen molar-refractivity contribution in [2.75, 3.05) is 19.7 Å². The van der Waals surface area contributed by atoms with Gasteiger partial charge in [-0.3, -0.25) is 4.79 Å². The Hall–Kier alpha value is -0.770. The Morgan fingerprint density at radius 3 is 2.95 bits per heavy atom. The molecule has 1 unspecified atom stereocenters. The smallest absolute Gasteiger partial charge is 0.314 e. The van der Waals surface area contributed by atoms with Gasteiger partial charge < -0.3 is 9.64 Å². The first kappa shape index (κ1) is 15.6. The molecule has 1 heterocycles. The van der Waals surface area contributed by atoms with Gasteiger partial charge in [0.15, 0.2) is 0 Å². The second-order valence-corrected chi connectivity index (χ2v) is 6.05. The zero-order valence-electron chi connectivity index (χ0n) is 11.6. The molecule has 0 saturated carbocycles. The molecule has 0 spiro atoms. The first-order chi connectivity index (χ1) is 9.60. The predicted molar refractivity (Wildman–Crippen MR) is 80.2 cm³/mol. The lowest BCUT2D eigenvalue weighted by atomic mass is 9.98. The van der Waals surface area contributed by atoms with Gasteiger partial charge in [0.1, 0.15) is 12.5 Å². The van der Waals surface area contributed by atoms with Crippen molar-refractivity contribution in [3.8, 4) is 0 Å². The summed E-state index contributed by atoms with van der Waals surface area (Å²) < 4.78 is 5.12. The lowest BCUT2D eigenvalue weighted by Crippen LogP contribution is -3.12. The van der Waals surface area contributed by atoms with E-state index in [0.29, 0.717) is 16.7 Å². The molecule has 110 valence electrons. The summed E-state index contributed by atoms with van der Waals surface area (Å²) in [7, 11) is 0. The molecular formula is C15H20Cl2NO2+. The zero-order chi connectivity index (χ0) is 14.5. The summed E-state index contributed by atoms with van der Waals surface area (Å²) >= 11 is 12.1. The summed E-state index contributed by atoms with van der Waals surface area (Å²) in [4.78, 5) is 13.2. The third kappa shape index (κ3) is 4.11. The van der Waals surface area contributed by atoms with Crippen LogP contribution >= 0.6 is 23.2 Å². The average Bonchev–Trinajstić information content (AvgIpc) is 2.43. The van der Waals surface area contributed by atoms with Crippen molar-refractivity contribution in [1.29, 1.82) is 0 Å². The maximum atomic E-state index is 11.8. The lowest BCUT2D eigenvalue weighted by Gasteiger charge is -2.28. The molecular weight excluding hydrogens is 297 g/mol. The van der Waals surface area contributed by atoms with Crippen molar-refractivity contribution in [3.05, 3.63) is 33.8 Å². The molecule has 1 saturated heterocycles. The topological polar surface area (TPSA) is 30.7 Å². The summed E-state index contributed by atoms with van der Waals surface area (Å²) in [6.45, 7) is 5.01. The van der Waals surface area contributed by atoms with E-state index in [4.69, 9.17) is 27.9 Å². The molecule has 1 aromatic rings. The molecule has 0 amide bonds. The molecule has 1 aliphatic heterocycles. The SMILES string of the molecule is CCOC(=O)[C@H]1CCC[NH+](Cc2ccc(Cl)cc2Cl)C1. The van der Waals surface area contributed by atoms with Crippen molar-refractivity contribution in [1.82, 2.24) is 0 Å². The number of benzene rings is 1. The van der Waals surface area contributed by atoms with Crippen LogP contribution in [0.4, 0.5) is 0 Å². The fourth-order valence-corrected chi connectivity index (χ4v) is 3.18. The summed E-state index contributed by atoms with van der Waals surface area (Å²) in [5.74, 6) is -0.0447. The van der Waals surface area contributed by atoms with Crippen LogP contribution in [0.3, 0.4) is 0 Å². The predicted octanol–water partition coefficient (Wildman–Crippen LogP) is 2.35. The molecule has 0 bridgehead atoms. The van der Waals surface area contributed by atoms with E-state index in [9.17, 15) is 4.79 Å². The first-order valence-electron chi connectivity index (χ1n) is 7.04. The number of quaternary nitrogens is 1. The third-order valence-electron chi connectivity index (χ3n) is 3.69. The maximum Gasteiger partial charge on any atom is 0.314 e. The fourth-order valence-electron chi connectivity index (χ4n) is 2.71. The average molecular weight is 317 g/mol. The fraction of sp³-hybridized carbons (Fsp3) is 0.533. The van der Waals surface area contributed by atoms with E-state index >= 15 is 0 Å². The van der Waals surface area contributed by atoms with E-state index in [1.54, 1.807) is 6.07 Å². The Balaban J connectivity index is 1.97. The maximum absolute atomic E-state index is 11.8. The molecule has 3 nitrogen and oxygen atoms in total. The van der Waals surface area contributed by atoms with Crippen LogP contribution in [0.25, 0.3) is 0 Å². The Labute approximate surface area is 129 Å². The largest absolute Gasteiger partial charge is 0.466 e. The normalized spacial score (nSPS) is 22.6. The molecule has 1 aromatic carbocycles. The zero-order valence-corrected chi connectivity index (χ0v) is 13.1. The van der Waals surface area contributed by atoms with E-state index in [1.165, 1.54) is 4.90 Å². The van der Waals surface area contributed by atoms with Gasteiger partial charge in [-0.25, -0.2) is 0 Å². The van der Waals surface area contributed by atoms with Gasteiger partial charge in [0.2, 0.25) is 0 Å². The lowest BCUT2D eigenvalue weighted by molar-refractivity contribution is -0.921. The van der Waals surface area contributed by atoms with Gasteiger partial charge in [-0.15, -0.1) is 0 Å². The van der Waals surface area contributed by atoms with Crippen LogP contribution in [0.1, 0.15) is 25.3 Å². The van der Waals surface area contributed by atoms with Crippen LogP contribution in [-0.2, 0) is 16.1 Å². The Morgan fingerprint density at radius 2 is 2.25 bits per heavy atom. The number of carbonyl (C=O) groups is 1. The Morgan fingerprint density at radius 1 is 1.45 bits per heavy atom. The van der Waals surface area contributed by atoms with Crippen LogP contribution in [0.5, 0.6) is 0 Å². The minimum absolute atomic E-state index is 0.0183. The molecule has 0 aromatic heterocycles. The second kappa shape index (κ2) is 7.30. The van der Waals surface area contributed by atoms with Crippen molar-refractivity contribution in [2.45, 2.75) is 26.3 Å². The molecule has 2 atom stereocenters. The van der Waals surface area contributed by atoms with E-state index in [-0.39, 0.29) is 11.9 Å². The number of carbonyl (C=O) groups excluding carboxylic acids is 1. The van der Waals surface area contributed by atoms with Gasteiger partial charge >= 0.3 is 5.97 Å². The summed E-state index contributed by atoms with van der Waals surface area (Å²) in [6.07, 6.45) is 1.97. The number of halogens is 2. The highest BCUT2D eigenvalue weighted by Crippen LogP contribution is 2.20. The molecule has 1 fully saturated rings. The van der Waals surface area contributed by atoms with E-state index in [2.05, 4.69) is 0 Å².